The number of carbonyl (C=O) groups is 1. The zero-order valence-electron chi connectivity index (χ0n) is 12.2. The Bertz CT molecular complexity index is 754. The Morgan fingerprint density at radius 1 is 1.23 bits per heavy atom. The van der Waals surface area contributed by atoms with Crippen LogP contribution in [0.2, 0.25) is 0 Å². The van der Waals surface area contributed by atoms with Gasteiger partial charge < -0.3 is 15.6 Å². The molecule has 0 atom stereocenters. The first-order chi connectivity index (χ1) is 10.1. The zero-order valence-corrected chi connectivity index (χ0v) is 13.0. The van der Waals surface area contributed by atoms with E-state index >= 15 is 0 Å². The summed E-state index contributed by atoms with van der Waals surface area (Å²) in [5.74, 6) is -0.353. The summed E-state index contributed by atoms with van der Waals surface area (Å²) in [7, 11) is 1.83. The first kappa shape index (κ1) is 17.9. The van der Waals surface area contributed by atoms with E-state index in [0.29, 0.717) is 17.4 Å². The maximum Gasteiger partial charge on any atom is 0.329 e. The van der Waals surface area contributed by atoms with E-state index in [1.165, 1.54) is 0 Å². The lowest BCUT2D eigenvalue weighted by Crippen LogP contribution is -2.41. The number of rotatable bonds is 6. The van der Waals surface area contributed by atoms with Crippen LogP contribution in [-0.2, 0) is 11.3 Å². The van der Waals surface area contributed by atoms with Gasteiger partial charge in [-0.1, -0.05) is 12.1 Å². The van der Waals surface area contributed by atoms with Crippen LogP contribution in [0.1, 0.15) is 6.42 Å². The number of aromatic amines is 1. The number of fused-ring (bicyclic) bond motifs is 1. The summed E-state index contributed by atoms with van der Waals surface area (Å²) in [5.41, 5.74) is -0.568. The second-order valence-electron chi connectivity index (χ2n) is 4.67. The van der Waals surface area contributed by atoms with Crippen LogP contribution in [0.5, 0.6) is 0 Å². The van der Waals surface area contributed by atoms with Crippen molar-refractivity contribution in [1.82, 2.24) is 20.2 Å². The number of H-pyrrole nitrogens is 1. The Hall–Kier alpha value is -2.12. The number of benzene rings is 1. The molecule has 0 radical (unpaired) electrons. The van der Waals surface area contributed by atoms with Gasteiger partial charge in [0.05, 0.1) is 10.9 Å². The van der Waals surface area contributed by atoms with Crippen molar-refractivity contribution in [3.05, 3.63) is 45.1 Å². The van der Waals surface area contributed by atoms with Crippen molar-refractivity contribution < 1.29 is 4.79 Å². The van der Waals surface area contributed by atoms with E-state index in [1.54, 1.807) is 24.3 Å². The van der Waals surface area contributed by atoms with E-state index < -0.39 is 11.2 Å². The quantitative estimate of drug-likeness (QED) is 0.643. The van der Waals surface area contributed by atoms with E-state index in [9.17, 15) is 14.4 Å². The fourth-order valence-electron chi connectivity index (χ4n) is 2.04. The molecule has 0 unspecified atom stereocenters. The summed E-state index contributed by atoms with van der Waals surface area (Å²) in [5, 5.41) is 6.03. The van der Waals surface area contributed by atoms with Crippen molar-refractivity contribution in [1.29, 1.82) is 0 Å². The molecule has 1 amide bonds. The number of halogens is 1. The molecular formula is C14H19ClN4O3. The van der Waals surface area contributed by atoms with Gasteiger partial charge in [0.25, 0.3) is 5.56 Å². The molecule has 2 aromatic rings. The van der Waals surface area contributed by atoms with Crippen LogP contribution in [0, 0.1) is 0 Å². The molecule has 0 aliphatic carbocycles. The summed E-state index contributed by atoms with van der Waals surface area (Å²) >= 11 is 0. The molecule has 7 nitrogen and oxygen atoms in total. The molecule has 0 saturated heterocycles. The summed E-state index contributed by atoms with van der Waals surface area (Å²) < 4.78 is 0.912. The third-order valence-electron chi connectivity index (χ3n) is 3.12. The van der Waals surface area contributed by atoms with E-state index in [0.717, 1.165) is 17.5 Å². The number of nitrogens with one attached hydrogen (secondary N) is 3. The van der Waals surface area contributed by atoms with Crippen LogP contribution >= 0.6 is 12.4 Å². The highest BCUT2D eigenvalue weighted by molar-refractivity contribution is 5.85. The van der Waals surface area contributed by atoms with Crippen molar-refractivity contribution >= 4 is 29.2 Å². The molecular weight excluding hydrogens is 308 g/mol. The average molecular weight is 327 g/mol. The highest BCUT2D eigenvalue weighted by Crippen LogP contribution is 2.02. The van der Waals surface area contributed by atoms with Gasteiger partial charge >= 0.3 is 5.69 Å². The second kappa shape index (κ2) is 8.35. The van der Waals surface area contributed by atoms with Crippen molar-refractivity contribution in [3.8, 4) is 0 Å². The normalized spacial score (nSPS) is 10.2. The fourth-order valence-corrected chi connectivity index (χ4v) is 2.04. The lowest BCUT2D eigenvalue weighted by molar-refractivity contribution is -0.121. The van der Waals surface area contributed by atoms with Crippen LogP contribution in [-0.4, -0.2) is 35.6 Å². The van der Waals surface area contributed by atoms with Crippen molar-refractivity contribution in [2.75, 3.05) is 20.1 Å². The minimum absolute atomic E-state index is 0. The maximum absolute atomic E-state index is 12.2. The second-order valence-corrected chi connectivity index (χ2v) is 4.67. The van der Waals surface area contributed by atoms with E-state index in [1.807, 2.05) is 7.05 Å². The fraction of sp³-hybridized carbons (Fsp3) is 0.357. The van der Waals surface area contributed by atoms with Gasteiger partial charge in [-0.25, -0.2) is 4.79 Å². The molecule has 22 heavy (non-hydrogen) atoms. The lowest BCUT2D eigenvalue weighted by Gasteiger charge is -2.07. The molecule has 2 rings (SSSR count). The van der Waals surface area contributed by atoms with Crippen LogP contribution in [0.15, 0.2) is 33.9 Å². The van der Waals surface area contributed by atoms with Gasteiger partial charge in [-0.2, -0.15) is 0 Å². The first-order valence-corrected chi connectivity index (χ1v) is 6.76. The Morgan fingerprint density at radius 3 is 2.68 bits per heavy atom. The summed E-state index contributed by atoms with van der Waals surface area (Å²) in [6.07, 6.45) is 0.783. The number of amides is 1. The maximum atomic E-state index is 12.2. The predicted molar refractivity (Wildman–Crippen MR) is 87.6 cm³/mol. The topological polar surface area (TPSA) is 96.0 Å². The molecule has 0 saturated carbocycles. The number of hydrogen-bond acceptors (Lipinski definition) is 4. The van der Waals surface area contributed by atoms with Gasteiger partial charge in [0.1, 0.15) is 6.54 Å². The third-order valence-corrected chi connectivity index (χ3v) is 3.12. The minimum atomic E-state index is -0.580. The molecule has 0 aliphatic rings. The van der Waals surface area contributed by atoms with Crippen molar-refractivity contribution in [2.45, 2.75) is 13.0 Å². The number of para-hydroxylation sites is 1. The summed E-state index contributed by atoms with van der Waals surface area (Å²) in [4.78, 5) is 38.5. The minimum Gasteiger partial charge on any atom is -0.354 e. The van der Waals surface area contributed by atoms with Crippen LogP contribution < -0.4 is 21.9 Å². The molecule has 3 N–H and O–H groups in total. The van der Waals surface area contributed by atoms with Crippen molar-refractivity contribution in [2.24, 2.45) is 0 Å². The lowest BCUT2D eigenvalue weighted by atomic mass is 10.2. The molecule has 0 aliphatic heterocycles. The van der Waals surface area contributed by atoms with Crippen LogP contribution in [0.3, 0.4) is 0 Å². The van der Waals surface area contributed by atoms with Gasteiger partial charge in [0.15, 0.2) is 0 Å². The monoisotopic (exact) mass is 326 g/mol. The predicted octanol–water partition coefficient (Wildman–Crippen LogP) is -0.163. The number of carbonyl (C=O) groups excluding carboxylic acids is 1. The molecule has 0 spiro atoms. The largest absolute Gasteiger partial charge is 0.354 e. The first-order valence-electron chi connectivity index (χ1n) is 6.76. The van der Waals surface area contributed by atoms with Crippen LogP contribution in [0.25, 0.3) is 10.9 Å². The molecule has 120 valence electrons. The SMILES string of the molecule is CNCCCNC(=O)Cn1c(=O)[nH]c2ccccc2c1=O.Cl. The van der Waals surface area contributed by atoms with E-state index in [-0.39, 0.29) is 24.9 Å². The molecule has 0 bridgehead atoms. The highest BCUT2D eigenvalue weighted by atomic mass is 35.5. The van der Waals surface area contributed by atoms with E-state index in [4.69, 9.17) is 0 Å². The molecule has 1 aromatic heterocycles. The van der Waals surface area contributed by atoms with Gasteiger partial charge in [-0.05, 0) is 32.1 Å². The van der Waals surface area contributed by atoms with Gasteiger partial charge in [0.2, 0.25) is 5.91 Å². The molecule has 8 heteroatoms. The average Bonchev–Trinajstić information content (AvgIpc) is 2.48. The molecule has 0 fully saturated rings. The van der Waals surface area contributed by atoms with Gasteiger partial charge in [0, 0.05) is 6.54 Å². The summed E-state index contributed by atoms with van der Waals surface area (Å²) in [6, 6.07) is 6.72. The smallest absolute Gasteiger partial charge is 0.329 e. The van der Waals surface area contributed by atoms with Crippen molar-refractivity contribution in [3.63, 3.8) is 0 Å². The van der Waals surface area contributed by atoms with Gasteiger partial charge in [-0.15, -0.1) is 12.4 Å². The third kappa shape index (κ3) is 4.19. The van der Waals surface area contributed by atoms with E-state index in [2.05, 4.69) is 15.6 Å². The Balaban J connectivity index is 0.00000242. The number of aromatic nitrogens is 2. The van der Waals surface area contributed by atoms with Crippen LogP contribution in [0.4, 0.5) is 0 Å². The molecule has 1 aromatic carbocycles. The standard InChI is InChI=1S/C14H18N4O3.ClH/c1-15-7-4-8-16-12(19)9-18-13(20)10-5-2-3-6-11(10)17-14(18)21;/h2-3,5-6,15H,4,7-9H2,1H3,(H,16,19)(H,17,21);1H. The number of nitrogens with zero attached hydrogens (tertiary/aromatic N) is 1. The number of hydrogen-bond donors (Lipinski definition) is 3. The Kier molecular flexibility index (Phi) is 6.81. The van der Waals surface area contributed by atoms with Gasteiger partial charge in [-0.3, -0.25) is 14.2 Å². The molecule has 1 heterocycles. The summed E-state index contributed by atoms with van der Waals surface area (Å²) in [6.45, 7) is 1.01. The Morgan fingerprint density at radius 2 is 1.95 bits per heavy atom. The highest BCUT2D eigenvalue weighted by Gasteiger charge is 2.10. The Labute approximate surface area is 133 Å². The zero-order chi connectivity index (χ0) is 15.2.